The zero-order valence-corrected chi connectivity index (χ0v) is 9.22. The summed E-state index contributed by atoms with van der Waals surface area (Å²) < 4.78 is 5.21. The Bertz CT molecular complexity index is 367. The molecule has 2 rings (SSSR count). The maximum atomic E-state index is 11.9. The molecule has 0 spiro atoms. The van der Waals surface area contributed by atoms with Gasteiger partial charge in [-0.3, -0.25) is 4.79 Å². The molecule has 1 saturated carbocycles. The van der Waals surface area contributed by atoms with E-state index < -0.39 is 6.10 Å². The lowest BCUT2D eigenvalue weighted by Crippen LogP contribution is -2.34. The number of nitrogens with two attached hydrogens (primary N) is 1. The van der Waals surface area contributed by atoms with Gasteiger partial charge in [-0.15, -0.1) is 0 Å². The van der Waals surface area contributed by atoms with Gasteiger partial charge in [0.2, 0.25) is 0 Å². The average molecular weight is 220 g/mol. The van der Waals surface area contributed by atoms with Crippen LogP contribution in [0.5, 0.6) is 0 Å². The van der Waals surface area contributed by atoms with Gasteiger partial charge in [-0.05, 0) is 12.0 Å². The van der Waals surface area contributed by atoms with Crippen LogP contribution >= 0.6 is 0 Å². The van der Waals surface area contributed by atoms with Crippen molar-refractivity contribution in [3.05, 3.63) is 35.9 Å². The first-order chi connectivity index (χ1) is 7.72. The number of methoxy groups -OCH3 is 1. The summed E-state index contributed by atoms with van der Waals surface area (Å²) in [6.07, 6.45) is 0.311. The lowest BCUT2D eigenvalue weighted by Gasteiger charge is -2.15. The minimum absolute atomic E-state index is 0.109. The van der Waals surface area contributed by atoms with E-state index in [-0.39, 0.29) is 18.0 Å². The lowest BCUT2D eigenvalue weighted by molar-refractivity contribution is -0.131. The molecule has 1 aliphatic rings. The van der Waals surface area contributed by atoms with Gasteiger partial charge in [-0.2, -0.15) is 0 Å². The Labute approximate surface area is 94.8 Å². The maximum absolute atomic E-state index is 11.9. The largest absolute Gasteiger partial charge is 0.367 e. The summed E-state index contributed by atoms with van der Waals surface area (Å²) in [5.74, 6) is -0.119. The highest BCUT2D eigenvalue weighted by molar-refractivity contribution is 5.82. The van der Waals surface area contributed by atoms with E-state index in [0.29, 0.717) is 0 Å². The highest BCUT2D eigenvalue weighted by Gasteiger charge is 2.36. The topological polar surface area (TPSA) is 64.3 Å². The molecule has 0 aliphatic heterocycles. The first-order valence-corrected chi connectivity index (χ1v) is 5.36. The summed E-state index contributed by atoms with van der Waals surface area (Å²) >= 11 is 0. The summed E-state index contributed by atoms with van der Waals surface area (Å²) in [6, 6.07) is 9.66. The molecule has 1 aromatic carbocycles. The summed E-state index contributed by atoms with van der Waals surface area (Å²) in [7, 11) is 1.53. The summed E-state index contributed by atoms with van der Waals surface area (Å²) in [5, 5.41) is 2.86. The zero-order valence-electron chi connectivity index (χ0n) is 9.22. The van der Waals surface area contributed by atoms with Gasteiger partial charge in [0, 0.05) is 19.2 Å². The third kappa shape index (κ3) is 2.40. The van der Waals surface area contributed by atoms with E-state index in [1.165, 1.54) is 7.11 Å². The van der Waals surface area contributed by atoms with Crippen LogP contribution in [-0.2, 0) is 9.53 Å². The second-order valence-electron chi connectivity index (χ2n) is 4.04. The fourth-order valence-electron chi connectivity index (χ4n) is 1.66. The van der Waals surface area contributed by atoms with Gasteiger partial charge in [0.05, 0.1) is 0 Å². The Balaban J connectivity index is 2.02. The third-order valence-corrected chi connectivity index (χ3v) is 2.74. The van der Waals surface area contributed by atoms with Crippen LogP contribution in [0.1, 0.15) is 18.1 Å². The van der Waals surface area contributed by atoms with E-state index >= 15 is 0 Å². The molecule has 0 saturated heterocycles. The van der Waals surface area contributed by atoms with Crippen molar-refractivity contribution in [2.45, 2.75) is 24.6 Å². The molecule has 4 heteroatoms. The van der Waals surface area contributed by atoms with Gasteiger partial charge in [-0.1, -0.05) is 30.3 Å². The first-order valence-electron chi connectivity index (χ1n) is 5.36. The van der Waals surface area contributed by atoms with Crippen molar-refractivity contribution < 1.29 is 9.53 Å². The molecular formula is C12H16N2O2. The minimum Gasteiger partial charge on any atom is -0.367 e. The summed E-state index contributed by atoms with van der Waals surface area (Å²) in [6.45, 7) is 0. The second-order valence-corrected chi connectivity index (χ2v) is 4.04. The quantitative estimate of drug-likeness (QED) is 0.780. The molecule has 4 nitrogen and oxygen atoms in total. The highest BCUT2D eigenvalue weighted by Crippen LogP contribution is 2.21. The monoisotopic (exact) mass is 220 g/mol. The highest BCUT2D eigenvalue weighted by atomic mass is 16.5. The van der Waals surface area contributed by atoms with Crippen molar-refractivity contribution in [3.63, 3.8) is 0 Å². The SMILES string of the molecule is COC(C(=O)NC1CC1N)c1ccccc1. The Kier molecular flexibility index (Phi) is 3.22. The molecule has 16 heavy (non-hydrogen) atoms. The van der Waals surface area contributed by atoms with Crippen molar-refractivity contribution in [1.82, 2.24) is 5.32 Å². The molecule has 3 atom stereocenters. The molecule has 86 valence electrons. The Morgan fingerprint density at radius 2 is 2.12 bits per heavy atom. The predicted octanol–water partition coefficient (Wildman–Crippen LogP) is 0.590. The molecule has 3 unspecified atom stereocenters. The molecule has 0 radical (unpaired) electrons. The number of nitrogens with one attached hydrogen (secondary N) is 1. The molecular weight excluding hydrogens is 204 g/mol. The lowest BCUT2D eigenvalue weighted by atomic mass is 10.1. The number of hydrogen-bond donors (Lipinski definition) is 2. The number of ether oxygens (including phenoxy) is 1. The fourth-order valence-corrected chi connectivity index (χ4v) is 1.66. The fraction of sp³-hybridized carbons (Fsp3) is 0.417. The van der Waals surface area contributed by atoms with Crippen LogP contribution < -0.4 is 11.1 Å². The van der Waals surface area contributed by atoms with E-state index in [9.17, 15) is 4.79 Å². The summed E-state index contributed by atoms with van der Waals surface area (Å²) in [5.41, 5.74) is 6.50. The van der Waals surface area contributed by atoms with Gasteiger partial charge in [0.1, 0.15) is 0 Å². The van der Waals surface area contributed by atoms with Gasteiger partial charge < -0.3 is 15.8 Å². The zero-order chi connectivity index (χ0) is 11.5. The second kappa shape index (κ2) is 4.63. The number of hydrogen-bond acceptors (Lipinski definition) is 3. The smallest absolute Gasteiger partial charge is 0.254 e. The number of benzene rings is 1. The van der Waals surface area contributed by atoms with Gasteiger partial charge in [0.15, 0.2) is 6.10 Å². The van der Waals surface area contributed by atoms with Crippen molar-refractivity contribution in [1.29, 1.82) is 0 Å². The molecule has 1 aliphatic carbocycles. The van der Waals surface area contributed by atoms with Crippen molar-refractivity contribution in [2.24, 2.45) is 5.73 Å². The predicted molar refractivity (Wildman–Crippen MR) is 60.7 cm³/mol. The van der Waals surface area contributed by atoms with E-state index in [4.69, 9.17) is 10.5 Å². The number of carbonyl (C=O) groups excluding carboxylic acids is 1. The Morgan fingerprint density at radius 3 is 2.62 bits per heavy atom. The van der Waals surface area contributed by atoms with E-state index in [0.717, 1.165) is 12.0 Å². The molecule has 0 bridgehead atoms. The molecule has 1 fully saturated rings. The van der Waals surface area contributed by atoms with Crippen LogP contribution in [0.2, 0.25) is 0 Å². The first kappa shape index (κ1) is 11.1. The molecule has 0 aromatic heterocycles. The van der Waals surface area contributed by atoms with Crippen molar-refractivity contribution in [2.75, 3.05) is 7.11 Å². The van der Waals surface area contributed by atoms with Crippen LogP contribution in [0.15, 0.2) is 30.3 Å². The third-order valence-electron chi connectivity index (χ3n) is 2.74. The van der Waals surface area contributed by atoms with Crippen LogP contribution in [0.4, 0.5) is 0 Å². The number of amides is 1. The van der Waals surface area contributed by atoms with Crippen LogP contribution in [0, 0.1) is 0 Å². The van der Waals surface area contributed by atoms with Crippen LogP contribution in [0.25, 0.3) is 0 Å². The molecule has 1 aromatic rings. The summed E-state index contributed by atoms with van der Waals surface area (Å²) in [4.78, 5) is 11.9. The minimum atomic E-state index is -0.547. The van der Waals surface area contributed by atoms with Crippen LogP contribution in [0.3, 0.4) is 0 Å². The number of rotatable bonds is 4. The molecule has 1 amide bonds. The maximum Gasteiger partial charge on any atom is 0.254 e. The van der Waals surface area contributed by atoms with E-state index in [1.54, 1.807) is 0 Å². The van der Waals surface area contributed by atoms with Crippen molar-refractivity contribution in [3.8, 4) is 0 Å². The van der Waals surface area contributed by atoms with Gasteiger partial charge >= 0.3 is 0 Å². The van der Waals surface area contributed by atoms with Gasteiger partial charge in [-0.25, -0.2) is 0 Å². The average Bonchev–Trinajstić information content (AvgIpc) is 2.96. The Hall–Kier alpha value is -1.39. The normalized spacial score (nSPS) is 24.9. The van der Waals surface area contributed by atoms with Gasteiger partial charge in [0.25, 0.3) is 5.91 Å². The molecule has 3 N–H and O–H groups in total. The van der Waals surface area contributed by atoms with Crippen molar-refractivity contribution >= 4 is 5.91 Å². The van der Waals surface area contributed by atoms with E-state index in [2.05, 4.69) is 5.32 Å². The number of carbonyl (C=O) groups is 1. The standard InChI is InChI=1S/C12H16N2O2/c1-16-11(8-5-3-2-4-6-8)12(15)14-10-7-9(10)13/h2-6,9-11H,7,13H2,1H3,(H,14,15). The molecule has 0 heterocycles. The van der Waals surface area contributed by atoms with E-state index in [1.807, 2.05) is 30.3 Å². The Morgan fingerprint density at radius 1 is 1.50 bits per heavy atom. The van der Waals surface area contributed by atoms with Crippen LogP contribution in [-0.4, -0.2) is 25.1 Å².